The molecule has 0 saturated carbocycles. The number of aryl methyl sites for hydroxylation is 1. The molecule has 1 amide bonds. The van der Waals surface area contributed by atoms with Gasteiger partial charge in [-0.15, -0.1) is 11.3 Å². The van der Waals surface area contributed by atoms with Crippen LogP contribution in [0.3, 0.4) is 0 Å². The molecule has 0 unspecified atom stereocenters. The number of nitro benzene ring substituents is 1. The molecule has 25 heavy (non-hydrogen) atoms. The van der Waals surface area contributed by atoms with Gasteiger partial charge in [-0.3, -0.25) is 19.8 Å². The third-order valence-electron chi connectivity index (χ3n) is 4.31. The number of hydrogen-bond donors (Lipinski definition) is 0. The lowest BCUT2D eigenvalue weighted by Crippen LogP contribution is -2.48. The van der Waals surface area contributed by atoms with E-state index < -0.39 is 4.92 Å². The van der Waals surface area contributed by atoms with Gasteiger partial charge in [-0.05, 0) is 6.92 Å². The zero-order valence-electron chi connectivity index (χ0n) is 14.1. The zero-order valence-corrected chi connectivity index (χ0v) is 14.9. The number of aromatic nitrogens is 1. The number of carbonyl (C=O) groups excluding carboxylic acids is 1. The lowest BCUT2D eigenvalue weighted by atomic mass is 10.1. The van der Waals surface area contributed by atoms with Crippen molar-refractivity contribution in [2.24, 2.45) is 0 Å². The highest BCUT2D eigenvalue weighted by Gasteiger charge is 2.24. The second-order valence-corrected chi connectivity index (χ2v) is 7.14. The molecule has 0 radical (unpaired) electrons. The van der Waals surface area contributed by atoms with Crippen LogP contribution >= 0.6 is 11.3 Å². The first-order valence-corrected chi connectivity index (χ1v) is 9.04. The molecule has 2 aromatic rings. The zero-order chi connectivity index (χ0) is 17.8. The van der Waals surface area contributed by atoms with Gasteiger partial charge in [-0.25, -0.2) is 4.98 Å². The van der Waals surface area contributed by atoms with Gasteiger partial charge < -0.3 is 4.90 Å². The Morgan fingerprint density at radius 2 is 2.00 bits per heavy atom. The van der Waals surface area contributed by atoms with E-state index in [1.165, 1.54) is 6.07 Å². The summed E-state index contributed by atoms with van der Waals surface area (Å²) in [7, 11) is 0. The van der Waals surface area contributed by atoms with Crippen LogP contribution in [-0.4, -0.2) is 51.8 Å². The van der Waals surface area contributed by atoms with Crippen molar-refractivity contribution in [2.75, 3.05) is 26.2 Å². The fraction of sp³-hybridized carbons (Fsp3) is 0.412. The first kappa shape index (κ1) is 17.5. The van der Waals surface area contributed by atoms with Crippen LogP contribution in [0.5, 0.6) is 0 Å². The lowest BCUT2D eigenvalue weighted by molar-refractivity contribution is -0.385. The molecule has 0 spiro atoms. The summed E-state index contributed by atoms with van der Waals surface area (Å²) in [6.45, 7) is 5.66. The van der Waals surface area contributed by atoms with Gasteiger partial charge in [0.1, 0.15) is 0 Å². The summed E-state index contributed by atoms with van der Waals surface area (Å²) in [4.78, 5) is 31.7. The van der Waals surface area contributed by atoms with Crippen LogP contribution in [0, 0.1) is 17.0 Å². The number of rotatable bonds is 5. The summed E-state index contributed by atoms with van der Waals surface area (Å²) in [6.07, 6.45) is 0.0719. The first-order chi connectivity index (χ1) is 12.0. The Balaban J connectivity index is 1.54. The van der Waals surface area contributed by atoms with Crippen LogP contribution in [0.4, 0.5) is 5.69 Å². The molecule has 0 bridgehead atoms. The molecule has 1 aliphatic heterocycles. The largest absolute Gasteiger partial charge is 0.340 e. The predicted molar refractivity (Wildman–Crippen MR) is 95.5 cm³/mol. The van der Waals surface area contributed by atoms with Crippen LogP contribution in [0.1, 0.15) is 16.3 Å². The molecule has 1 saturated heterocycles. The van der Waals surface area contributed by atoms with E-state index in [-0.39, 0.29) is 18.0 Å². The predicted octanol–water partition coefficient (Wildman–Crippen LogP) is 2.25. The summed E-state index contributed by atoms with van der Waals surface area (Å²) in [6, 6.07) is 6.43. The van der Waals surface area contributed by atoms with Gasteiger partial charge in [0.15, 0.2) is 0 Å². The monoisotopic (exact) mass is 360 g/mol. The van der Waals surface area contributed by atoms with Crippen molar-refractivity contribution in [3.05, 3.63) is 56.0 Å². The van der Waals surface area contributed by atoms with E-state index in [2.05, 4.69) is 15.3 Å². The second-order valence-electron chi connectivity index (χ2n) is 6.08. The molecule has 1 aliphatic rings. The van der Waals surface area contributed by atoms with Crippen LogP contribution in [0.2, 0.25) is 0 Å². The van der Waals surface area contributed by atoms with Crippen molar-refractivity contribution in [3.8, 4) is 0 Å². The maximum absolute atomic E-state index is 12.5. The number of amides is 1. The molecular formula is C17H20N4O3S. The molecule has 132 valence electrons. The number of hydrogen-bond acceptors (Lipinski definition) is 6. The Morgan fingerprint density at radius 3 is 2.64 bits per heavy atom. The average molecular weight is 360 g/mol. The molecule has 7 nitrogen and oxygen atoms in total. The number of piperazine rings is 1. The topological polar surface area (TPSA) is 79.6 Å². The summed E-state index contributed by atoms with van der Waals surface area (Å²) in [5, 5.41) is 14.2. The van der Waals surface area contributed by atoms with Crippen LogP contribution in [0.15, 0.2) is 29.6 Å². The smallest absolute Gasteiger partial charge is 0.273 e. The molecule has 0 atom stereocenters. The van der Waals surface area contributed by atoms with Gasteiger partial charge >= 0.3 is 0 Å². The van der Waals surface area contributed by atoms with Crippen molar-refractivity contribution in [1.82, 2.24) is 14.8 Å². The standard InChI is InChI=1S/C17H20N4O3S/c1-13-18-15(12-25-13)11-19-6-8-20(9-7-19)17(22)10-14-4-2-3-5-16(14)21(23)24/h2-5,12H,6-11H2,1H3. The van der Waals surface area contributed by atoms with Gasteiger partial charge in [0.25, 0.3) is 5.69 Å². The minimum Gasteiger partial charge on any atom is -0.340 e. The van der Waals surface area contributed by atoms with Gasteiger partial charge in [-0.1, -0.05) is 18.2 Å². The number of benzene rings is 1. The minimum absolute atomic E-state index is 0.00777. The fourth-order valence-corrected chi connectivity index (χ4v) is 3.58. The summed E-state index contributed by atoms with van der Waals surface area (Å²) in [5.74, 6) is -0.0570. The highest BCUT2D eigenvalue weighted by Crippen LogP contribution is 2.19. The molecule has 3 rings (SSSR count). The van der Waals surface area contributed by atoms with Crippen LogP contribution in [-0.2, 0) is 17.8 Å². The van der Waals surface area contributed by atoms with Crippen molar-refractivity contribution in [3.63, 3.8) is 0 Å². The van der Waals surface area contributed by atoms with E-state index >= 15 is 0 Å². The van der Waals surface area contributed by atoms with Crippen LogP contribution < -0.4 is 0 Å². The highest BCUT2D eigenvalue weighted by atomic mass is 32.1. The van der Waals surface area contributed by atoms with Crippen molar-refractivity contribution < 1.29 is 9.72 Å². The Morgan fingerprint density at radius 1 is 1.28 bits per heavy atom. The minimum atomic E-state index is -0.434. The number of nitro groups is 1. The first-order valence-electron chi connectivity index (χ1n) is 8.16. The highest BCUT2D eigenvalue weighted by molar-refractivity contribution is 7.09. The Hall–Kier alpha value is -2.32. The molecule has 8 heteroatoms. The van der Waals surface area contributed by atoms with Crippen molar-refractivity contribution in [1.29, 1.82) is 0 Å². The van der Waals surface area contributed by atoms with Gasteiger partial charge in [0.05, 0.1) is 22.0 Å². The Bertz CT molecular complexity index is 769. The van der Waals surface area contributed by atoms with E-state index in [0.29, 0.717) is 18.7 Å². The second kappa shape index (κ2) is 7.71. The number of nitrogens with zero attached hydrogens (tertiary/aromatic N) is 4. The van der Waals surface area contributed by atoms with E-state index in [1.54, 1.807) is 34.4 Å². The molecule has 2 heterocycles. The average Bonchev–Trinajstić information content (AvgIpc) is 3.00. The molecule has 0 aliphatic carbocycles. The molecule has 1 aromatic carbocycles. The van der Waals surface area contributed by atoms with Crippen molar-refractivity contribution in [2.45, 2.75) is 19.9 Å². The van der Waals surface area contributed by atoms with Crippen LogP contribution in [0.25, 0.3) is 0 Å². The quantitative estimate of drug-likeness (QED) is 0.603. The maximum atomic E-state index is 12.5. The van der Waals surface area contributed by atoms with E-state index in [1.807, 2.05) is 6.92 Å². The maximum Gasteiger partial charge on any atom is 0.273 e. The van der Waals surface area contributed by atoms with Gasteiger partial charge in [0, 0.05) is 49.7 Å². The summed E-state index contributed by atoms with van der Waals surface area (Å²) < 4.78 is 0. The van der Waals surface area contributed by atoms with Crippen molar-refractivity contribution >= 4 is 22.9 Å². The fourth-order valence-electron chi connectivity index (χ4n) is 2.98. The lowest BCUT2D eigenvalue weighted by Gasteiger charge is -2.34. The number of carbonyl (C=O) groups is 1. The third-order valence-corrected chi connectivity index (χ3v) is 5.13. The van der Waals surface area contributed by atoms with Gasteiger partial charge in [0.2, 0.25) is 5.91 Å². The molecule has 0 N–H and O–H groups in total. The number of thiazole rings is 1. The normalized spacial score (nSPS) is 15.3. The van der Waals surface area contributed by atoms with E-state index in [9.17, 15) is 14.9 Å². The Labute approximate surface area is 150 Å². The molecule has 1 fully saturated rings. The van der Waals surface area contributed by atoms with Gasteiger partial charge in [-0.2, -0.15) is 0 Å². The number of para-hydroxylation sites is 1. The van der Waals surface area contributed by atoms with E-state index in [4.69, 9.17) is 0 Å². The SMILES string of the molecule is Cc1nc(CN2CCN(C(=O)Cc3ccccc3[N+](=O)[O-])CC2)cs1. The third kappa shape index (κ3) is 4.40. The Kier molecular flexibility index (Phi) is 5.40. The van der Waals surface area contributed by atoms with E-state index in [0.717, 1.165) is 30.3 Å². The summed E-state index contributed by atoms with van der Waals surface area (Å²) in [5.41, 5.74) is 1.55. The summed E-state index contributed by atoms with van der Waals surface area (Å²) >= 11 is 1.65. The molecule has 1 aromatic heterocycles. The molecular weight excluding hydrogens is 340 g/mol.